The summed E-state index contributed by atoms with van der Waals surface area (Å²) in [6.07, 6.45) is 4.40. The average Bonchev–Trinajstić information content (AvgIpc) is 2.66. The molecule has 1 saturated heterocycles. The molecular formula is C12H20N4. The second-order valence-electron chi connectivity index (χ2n) is 4.58. The highest BCUT2D eigenvalue weighted by atomic mass is 15.2. The molecule has 0 bridgehead atoms. The third kappa shape index (κ3) is 2.50. The molecule has 0 saturated carbocycles. The number of hydrogen-bond donors (Lipinski definition) is 1. The van der Waals surface area contributed by atoms with E-state index in [-0.39, 0.29) is 0 Å². The van der Waals surface area contributed by atoms with Crippen LogP contribution in [-0.4, -0.2) is 41.0 Å². The summed E-state index contributed by atoms with van der Waals surface area (Å²) in [4.78, 5) is 11.2. The molecule has 1 aromatic heterocycles. The zero-order valence-corrected chi connectivity index (χ0v) is 10.3. The first-order valence-electron chi connectivity index (χ1n) is 5.91. The van der Waals surface area contributed by atoms with Gasteiger partial charge in [0.2, 0.25) is 0 Å². The topological polar surface area (TPSA) is 41.1 Å². The van der Waals surface area contributed by atoms with Gasteiger partial charge < -0.3 is 10.2 Å². The Morgan fingerprint density at radius 3 is 2.88 bits per heavy atom. The van der Waals surface area contributed by atoms with E-state index < -0.39 is 0 Å². The van der Waals surface area contributed by atoms with Gasteiger partial charge in [0.15, 0.2) is 0 Å². The number of hydrogen-bond acceptors (Lipinski definition) is 4. The molecule has 4 nitrogen and oxygen atoms in total. The van der Waals surface area contributed by atoms with Crippen molar-refractivity contribution in [1.29, 1.82) is 0 Å². The standard InChI is InChI=1S/C12H20N4/c1-9-10(2)15-12(8-13-9)14-7-11-5-4-6-16(11)3/h8,11H,4-7H2,1-3H3,(H,14,15). The van der Waals surface area contributed by atoms with Gasteiger partial charge >= 0.3 is 0 Å². The van der Waals surface area contributed by atoms with E-state index in [9.17, 15) is 0 Å². The molecule has 1 unspecified atom stereocenters. The third-order valence-electron chi connectivity index (χ3n) is 3.38. The molecule has 1 atom stereocenters. The third-order valence-corrected chi connectivity index (χ3v) is 3.38. The van der Waals surface area contributed by atoms with Gasteiger partial charge in [0.25, 0.3) is 0 Å². The van der Waals surface area contributed by atoms with Gasteiger partial charge in [-0.15, -0.1) is 0 Å². The maximum atomic E-state index is 4.47. The van der Waals surface area contributed by atoms with Crippen LogP contribution in [0.25, 0.3) is 0 Å². The van der Waals surface area contributed by atoms with Crippen LogP contribution in [0.2, 0.25) is 0 Å². The summed E-state index contributed by atoms with van der Waals surface area (Å²) in [7, 11) is 2.19. The lowest BCUT2D eigenvalue weighted by atomic mass is 10.2. The molecule has 1 aromatic rings. The van der Waals surface area contributed by atoms with Gasteiger partial charge in [0, 0.05) is 12.6 Å². The van der Waals surface area contributed by atoms with Crippen LogP contribution < -0.4 is 5.32 Å². The minimum absolute atomic E-state index is 0.642. The normalized spacial score (nSPS) is 21.3. The minimum Gasteiger partial charge on any atom is -0.367 e. The Hall–Kier alpha value is -1.16. The number of likely N-dealkylation sites (tertiary alicyclic amines) is 1. The summed E-state index contributed by atoms with van der Waals surface area (Å²) in [5.74, 6) is 0.892. The van der Waals surface area contributed by atoms with E-state index in [0.29, 0.717) is 6.04 Å². The van der Waals surface area contributed by atoms with Gasteiger partial charge in [0.1, 0.15) is 5.82 Å². The Kier molecular flexibility index (Phi) is 3.39. The van der Waals surface area contributed by atoms with Crippen molar-refractivity contribution in [2.45, 2.75) is 32.7 Å². The van der Waals surface area contributed by atoms with Crippen LogP contribution >= 0.6 is 0 Å². The zero-order valence-electron chi connectivity index (χ0n) is 10.3. The van der Waals surface area contributed by atoms with Gasteiger partial charge in [-0.2, -0.15) is 0 Å². The minimum atomic E-state index is 0.642. The highest BCUT2D eigenvalue weighted by molar-refractivity contribution is 5.33. The van der Waals surface area contributed by atoms with Crippen LogP contribution in [-0.2, 0) is 0 Å². The Labute approximate surface area is 97.1 Å². The molecular weight excluding hydrogens is 200 g/mol. The first-order valence-corrected chi connectivity index (χ1v) is 5.91. The van der Waals surface area contributed by atoms with Gasteiger partial charge in [-0.3, -0.25) is 4.98 Å². The second-order valence-corrected chi connectivity index (χ2v) is 4.58. The van der Waals surface area contributed by atoms with Crippen molar-refractivity contribution in [2.24, 2.45) is 0 Å². The Balaban J connectivity index is 1.91. The molecule has 0 spiro atoms. The molecule has 1 aliphatic rings. The van der Waals surface area contributed by atoms with Crippen molar-refractivity contribution in [3.8, 4) is 0 Å². The monoisotopic (exact) mass is 220 g/mol. The molecule has 88 valence electrons. The van der Waals surface area contributed by atoms with Crippen LogP contribution in [0.3, 0.4) is 0 Å². The fraction of sp³-hybridized carbons (Fsp3) is 0.667. The Bertz CT molecular complexity index is 364. The van der Waals surface area contributed by atoms with Crippen molar-refractivity contribution in [1.82, 2.24) is 14.9 Å². The summed E-state index contributed by atoms with van der Waals surface area (Å²) in [6, 6.07) is 0.642. The fourth-order valence-corrected chi connectivity index (χ4v) is 2.09. The van der Waals surface area contributed by atoms with Crippen LogP contribution in [0.15, 0.2) is 6.20 Å². The van der Waals surface area contributed by atoms with E-state index in [2.05, 4.69) is 27.2 Å². The number of nitrogens with one attached hydrogen (secondary N) is 1. The van der Waals surface area contributed by atoms with E-state index in [0.717, 1.165) is 23.8 Å². The van der Waals surface area contributed by atoms with Crippen molar-refractivity contribution in [3.63, 3.8) is 0 Å². The van der Waals surface area contributed by atoms with E-state index in [4.69, 9.17) is 0 Å². The quantitative estimate of drug-likeness (QED) is 0.840. The zero-order chi connectivity index (χ0) is 11.5. The van der Waals surface area contributed by atoms with Crippen LogP contribution in [0.4, 0.5) is 5.82 Å². The van der Waals surface area contributed by atoms with Gasteiger partial charge in [0.05, 0.1) is 17.6 Å². The van der Waals surface area contributed by atoms with E-state index >= 15 is 0 Å². The van der Waals surface area contributed by atoms with E-state index in [1.807, 2.05) is 20.0 Å². The molecule has 1 fully saturated rings. The number of anilines is 1. The van der Waals surface area contributed by atoms with Gasteiger partial charge in [-0.05, 0) is 40.3 Å². The lowest BCUT2D eigenvalue weighted by Crippen LogP contribution is -2.31. The van der Waals surface area contributed by atoms with Crippen molar-refractivity contribution < 1.29 is 0 Å². The molecule has 0 aromatic carbocycles. The summed E-state index contributed by atoms with van der Waals surface area (Å²) < 4.78 is 0. The molecule has 1 aliphatic heterocycles. The smallest absolute Gasteiger partial charge is 0.144 e. The molecule has 0 amide bonds. The predicted molar refractivity (Wildman–Crippen MR) is 65.6 cm³/mol. The predicted octanol–water partition coefficient (Wildman–Crippen LogP) is 1.60. The molecule has 4 heteroatoms. The average molecular weight is 220 g/mol. The van der Waals surface area contributed by atoms with Crippen molar-refractivity contribution in [3.05, 3.63) is 17.6 Å². The number of aryl methyl sites for hydroxylation is 2. The first-order chi connectivity index (χ1) is 7.66. The number of nitrogens with zero attached hydrogens (tertiary/aromatic N) is 3. The molecule has 2 rings (SSSR count). The Morgan fingerprint density at radius 1 is 1.44 bits per heavy atom. The molecule has 16 heavy (non-hydrogen) atoms. The first kappa shape index (κ1) is 11.3. The number of likely N-dealkylation sites (N-methyl/N-ethyl adjacent to an activating group) is 1. The highest BCUT2D eigenvalue weighted by Gasteiger charge is 2.20. The molecule has 0 aliphatic carbocycles. The van der Waals surface area contributed by atoms with Crippen LogP contribution in [0.1, 0.15) is 24.2 Å². The fourth-order valence-electron chi connectivity index (χ4n) is 2.09. The lowest BCUT2D eigenvalue weighted by Gasteiger charge is -2.19. The maximum absolute atomic E-state index is 4.47. The van der Waals surface area contributed by atoms with Crippen LogP contribution in [0, 0.1) is 13.8 Å². The summed E-state index contributed by atoms with van der Waals surface area (Å²) >= 11 is 0. The van der Waals surface area contributed by atoms with Crippen molar-refractivity contribution >= 4 is 5.82 Å². The maximum Gasteiger partial charge on any atom is 0.144 e. The van der Waals surface area contributed by atoms with Crippen LogP contribution in [0.5, 0.6) is 0 Å². The van der Waals surface area contributed by atoms with E-state index in [1.165, 1.54) is 19.4 Å². The second kappa shape index (κ2) is 4.78. The summed E-state index contributed by atoms with van der Waals surface area (Å²) in [5.41, 5.74) is 2.01. The highest BCUT2D eigenvalue weighted by Crippen LogP contribution is 2.15. The SMILES string of the molecule is Cc1ncc(NCC2CCCN2C)nc1C. The van der Waals surface area contributed by atoms with E-state index in [1.54, 1.807) is 0 Å². The largest absolute Gasteiger partial charge is 0.367 e. The lowest BCUT2D eigenvalue weighted by molar-refractivity contribution is 0.322. The van der Waals surface area contributed by atoms with Crippen molar-refractivity contribution in [2.75, 3.05) is 25.5 Å². The number of aromatic nitrogens is 2. The molecule has 1 N–H and O–H groups in total. The van der Waals surface area contributed by atoms with Gasteiger partial charge in [-0.1, -0.05) is 0 Å². The summed E-state index contributed by atoms with van der Waals surface area (Å²) in [5, 5.41) is 3.37. The summed E-state index contributed by atoms with van der Waals surface area (Å²) in [6.45, 7) is 6.16. The Morgan fingerprint density at radius 2 is 2.25 bits per heavy atom. The van der Waals surface area contributed by atoms with Gasteiger partial charge in [-0.25, -0.2) is 4.98 Å². The number of rotatable bonds is 3. The molecule has 2 heterocycles. The molecule has 0 radical (unpaired) electrons.